The van der Waals surface area contributed by atoms with Crippen molar-refractivity contribution in [3.8, 4) is 0 Å². The van der Waals surface area contributed by atoms with Crippen molar-refractivity contribution >= 4 is 18.0 Å². The number of hydrogen-bond acceptors (Lipinski definition) is 3. The van der Waals surface area contributed by atoms with Gasteiger partial charge in [-0.15, -0.1) is 0 Å². The van der Waals surface area contributed by atoms with Crippen molar-refractivity contribution in [2.45, 2.75) is 59.8 Å². The fraction of sp³-hybridized carbons (Fsp3) is 0.542. The highest BCUT2D eigenvalue weighted by atomic mass is 16.2. The molecule has 0 heterocycles. The third-order valence-corrected chi connectivity index (χ3v) is 5.67. The summed E-state index contributed by atoms with van der Waals surface area (Å²) in [6.45, 7) is 10.7. The van der Waals surface area contributed by atoms with Gasteiger partial charge in [-0.2, -0.15) is 0 Å². The lowest BCUT2D eigenvalue weighted by atomic mass is 9.81. The number of carbonyl (C=O) groups is 3. The molecular weight excluding hydrogens is 350 g/mol. The number of carbonyl (C=O) groups excluding carboxylic acids is 3. The summed E-state index contributed by atoms with van der Waals surface area (Å²) in [5.41, 5.74) is 7.79. The standard InChI is InChI=1S/C24H35NO3/c1-16(2)19(5)21(13-18(4)20-9-7-6-8-10-20)12-11-17(3)24(28)22(15-26)14-23(25)27/h6-10,12,15-19,22H,11,13-14H2,1-5H3,(H2,25,27)/b21-12-/t17?,18-,19?,22?/m0/s1. The van der Waals surface area contributed by atoms with E-state index in [0.717, 1.165) is 6.42 Å². The van der Waals surface area contributed by atoms with E-state index in [1.54, 1.807) is 0 Å². The smallest absolute Gasteiger partial charge is 0.218 e. The molecule has 4 nitrogen and oxygen atoms in total. The SMILES string of the molecule is CC(C/C=C(/C[C@H](C)c1ccccc1)C(C)C(C)C)C(=O)C(C=O)CC(N)=O. The average molecular weight is 386 g/mol. The van der Waals surface area contributed by atoms with Crippen molar-refractivity contribution in [3.05, 3.63) is 47.5 Å². The van der Waals surface area contributed by atoms with Crippen LogP contribution in [0.3, 0.4) is 0 Å². The number of benzene rings is 1. The van der Waals surface area contributed by atoms with Crippen LogP contribution in [0.2, 0.25) is 0 Å². The lowest BCUT2D eigenvalue weighted by Gasteiger charge is -2.24. The summed E-state index contributed by atoms with van der Waals surface area (Å²) < 4.78 is 0. The van der Waals surface area contributed by atoms with Gasteiger partial charge in [0.1, 0.15) is 12.1 Å². The first kappa shape index (κ1) is 23.8. The number of Topliss-reactive ketones (excluding diaryl/α,β-unsaturated/α-hetero) is 1. The van der Waals surface area contributed by atoms with Gasteiger partial charge < -0.3 is 10.5 Å². The van der Waals surface area contributed by atoms with Crippen molar-refractivity contribution in [1.29, 1.82) is 0 Å². The number of amides is 1. The quantitative estimate of drug-likeness (QED) is 0.322. The van der Waals surface area contributed by atoms with Crippen LogP contribution in [0.1, 0.15) is 65.4 Å². The lowest BCUT2D eigenvalue weighted by molar-refractivity contribution is -0.133. The Morgan fingerprint density at radius 2 is 1.61 bits per heavy atom. The van der Waals surface area contributed by atoms with E-state index in [2.05, 4.69) is 58.0 Å². The second-order valence-corrected chi connectivity index (χ2v) is 8.28. The minimum absolute atomic E-state index is 0.210. The van der Waals surface area contributed by atoms with Gasteiger partial charge in [0.05, 0.1) is 5.92 Å². The maximum absolute atomic E-state index is 12.5. The Kier molecular flexibility index (Phi) is 9.84. The number of rotatable bonds is 12. The molecule has 0 saturated carbocycles. The first-order valence-electron chi connectivity index (χ1n) is 10.2. The fourth-order valence-corrected chi connectivity index (χ4v) is 3.38. The van der Waals surface area contributed by atoms with Crippen molar-refractivity contribution in [1.82, 2.24) is 0 Å². The van der Waals surface area contributed by atoms with E-state index < -0.39 is 11.8 Å². The molecule has 1 amide bonds. The minimum atomic E-state index is -0.935. The molecular formula is C24H35NO3. The molecule has 0 radical (unpaired) electrons. The molecule has 154 valence electrons. The molecule has 0 saturated heterocycles. The van der Waals surface area contributed by atoms with E-state index in [0.29, 0.717) is 30.5 Å². The molecule has 0 aliphatic heterocycles. The number of primary amides is 1. The maximum atomic E-state index is 12.5. The van der Waals surface area contributed by atoms with Crippen molar-refractivity contribution in [2.75, 3.05) is 0 Å². The van der Waals surface area contributed by atoms with Crippen LogP contribution < -0.4 is 5.73 Å². The second kappa shape index (κ2) is 11.6. The zero-order valence-corrected chi connectivity index (χ0v) is 17.9. The van der Waals surface area contributed by atoms with E-state index in [9.17, 15) is 14.4 Å². The minimum Gasteiger partial charge on any atom is -0.370 e. The molecule has 1 rings (SSSR count). The van der Waals surface area contributed by atoms with E-state index in [-0.39, 0.29) is 18.1 Å². The van der Waals surface area contributed by atoms with Gasteiger partial charge in [0, 0.05) is 12.3 Å². The Balaban J connectivity index is 2.92. The molecule has 0 aliphatic rings. The Morgan fingerprint density at radius 3 is 2.11 bits per heavy atom. The summed E-state index contributed by atoms with van der Waals surface area (Å²) >= 11 is 0. The van der Waals surface area contributed by atoms with Gasteiger partial charge in [-0.05, 0) is 36.2 Å². The fourth-order valence-electron chi connectivity index (χ4n) is 3.38. The monoisotopic (exact) mass is 385 g/mol. The molecule has 3 unspecified atom stereocenters. The molecule has 4 heteroatoms. The Morgan fingerprint density at radius 1 is 1.00 bits per heavy atom. The predicted octanol–water partition coefficient (Wildman–Crippen LogP) is 4.68. The van der Waals surface area contributed by atoms with Crippen LogP contribution in [0.15, 0.2) is 42.0 Å². The molecule has 0 fully saturated rings. The van der Waals surface area contributed by atoms with Gasteiger partial charge in [-0.1, -0.05) is 76.6 Å². The molecule has 1 aromatic carbocycles. The Hall–Kier alpha value is -2.23. The second-order valence-electron chi connectivity index (χ2n) is 8.28. The third-order valence-electron chi connectivity index (χ3n) is 5.67. The van der Waals surface area contributed by atoms with Crippen LogP contribution in [-0.4, -0.2) is 18.0 Å². The van der Waals surface area contributed by atoms with Crippen molar-refractivity contribution < 1.29 is 14.4 Å². The van der Waals surface area contributed by atoms with Gasteiger partial charge in [-0.25, -0.2) is 0 Å². The zero-order valence-electron chi connectivity index (χ0n) is 17.9. The summed E-state index contributed by atoms with van der Waals surface area (Å²) in [6, 6.07) is 10.4. The first-order chi connectivity index (χ1) is 13.2. The summed E-state index contributed by atoms with van der Waals surface area (Å²) in [5.74, 6) is -0.807. The molecule has 1 aromatic rings. The van der Waals surface area contributed by atoms with Gasteiger partial charge in [0.15, 0.2) is 0 Å². The molecule has 4 atom stereocenters. The number of aldehydes is 1. The summed E-state index contributed by atoms with van der Waals surface area (Å²) in [4.78, 5) is 34.8. The highest BCUT2D eigenvalue weighted by Gasteiger charge is 2.25. The van der Waals surface area contributed by atoms with Crippen LogP contribution in [0.4, 0.5) is 0 Å². The average Bonchev–Trinajstić information content (AvgIpc) is 2.68. The van der Waals surface area contributed by atoms with Crippen LogP contribution in [0.25, 0.3) is 0 Å². The number of nitrogens with two attached hydrogens (primary N) is 1. The Bertz CT molecular complexity index is 678. The largest absolute Gasteiger partial charge is 0.370 e. The van der Waals surface area contributed by atoms with Crippen LogP contribution in [0, 0.1) is 23.7 Å². The maximum Gasteiger partial charge on any atom is 0.218 e. The van der Waals surface area contributed by atoms with Gasteiger partial charge in [0.2, 0.25) is 5.91 Å². The predicted molar refractivity (Wildman–Crippen MR) is 114 cm³/mol. The normalized spacial score (nSPS) is 16.3. The van der Waals surface area contributed by atoms with Gasteiger partial charge in [-0.3, -0.25) is 9.59 Å². The molecule has 28 heavy (non-hydrogen) atoms. The first-order valence-corrected chi connectivity index (χ1v) is 10.2. The van der Waals surface area contributed by atoms with E-state index >= 15 is 0 Å². The topological polar surface area (TPSA) is 77.2 Å². The number of hydrogen-bond donors (Lipinski definition) is 1. The lowest BCUT2D eigenvalue weighted by Crippen LogP contribution is -2.27. The highest BCUT2D eigenvalue weighted by molar-refractivity contribution is 5.98. The summed E-state index contributed by atoms with van der Waals surface area (Å²) in [7, 11) is 0. The van der Waals surface area contributed by atoms with E-state index in [4.69, 9.17) is 5.73 Å². The molecule has 2 N–H and O–H groups in total. The van der Waals surface area contributed by atoms with Crippen molar-refractivity contribution in [2.24, 2.45) is 29.4 Å². The van der Waals surface area contributed by atoms with Crippen LogP contribution in [-0.2, 0) is 14.4 Å². The molecule has 0 aromatic heterocycles. The number of ketones is 1. The molecule has 0 bridgehead atoms. The molecule has 0 aliphatic carbocycles. The Labute approximate surface area is 169 Å². The van der Waals surface area contributed by atoms with Crippen LogP contribution >= 0.6 is 0 Å². The van der Waals surface area contributed by atoms with Gasteiger partial charge >= 0.3 is 0 Å². The summed E-state index contributed by atoms with van der Waals surface area (Å²) in [5, 5.41) is 0. The zero-order chi connectivity index (χ0) is 21.3. The van der Waals surface area contributed by atoms with E-state index in [1.165, 1.54) is 11.1 Å². The third kappa shape index (κ3) is 7.41. The van der Waals surface area contributed by atoms with Gasteiger partial charge in [0.25, 0.3) is 0 Å². The molecule has 0 spiro atoms. The summed E-state index contributed by atoms with van der Waals surface area (Å²) in [6.07, 6.45) is 4.00. The van der Waals surface area contributed by atoms with Crippen LogP contribution in [0.5, 0.6) is 0 Å². The van der Waals surface area contributed by atoms with E-state index in [1.807, 2.05) is 13.0 Å². The number of allylic oxidation sites excluding steroid dienone is 2. The highest BCUT2D eigenvalue weighted by Crippen LogP contribution is 2.31. The van der Waals surface area contributed by atoms with Crippen molar-refractivity contribution in [3.63, 3.8) is 0 Å².